The number of hydrogen-bond acceptors (Lipinski definition) is 4. The number of para-hydroxylation sites is 1. The Bertz CT molecular complexity index is 945. The standard InChI is InChI=1S/C21H19F6NO4/c22-20(23,24)15-9-19(28-11-15,10-18(29)30)14-5-7-16(8-6-14)31-12-13-3-1-2-4-17(13)32-21(25,26)27/h1-8,15,28H,9-12H2,(H,29,30)/t15-,19-/m0/s1. The van der Waals surface area contributed by atoms with Crippen LogP contribution in [0.3, 0.4) is 0 Å². The lowest BCUT2D eigenvalue weighted by molar-refractivity contribution is -0.275. The Labute approximate surface area is 178 Å². The van der Waals surface area contributed by atoms with E-state index >= 15 is 0 Å². The molecule has 0 amide bonds. The maximum absolute atomic E-state index is 13.1. The quantitative estimate of drug-likeness (QED) is 0.566. The first kappa shape index (κ1) is 23.7. The van der Waals surface area contributed by atoms with Crippen LogP contribution in [0.15, 0.2) is 48.5 Å². The van der Waals surface area contributed by atoms with Crippen LogP contribution in [0.1, 0.15) is 24.0 Å². The number of halogens is 6. The third kappa shape index (κ3) is 5.84. The van der Waals surface area contributed by atoms with Crippen molar-refractivity contribution in [2.24, 2.45) is 5.92 Å². The largest absolute Gasteiger partial charge is 0.573 e. The van der Waals surface area contributed by atoms with E-state index in [9.17, 15) is 36.2 Å². The van der Waals surface area contributed by atoms with Crippen molar-refractivity contribution in [1.82, 2.24) is 5.32 Å². The van der Waals surface area contributed by atoms with Gasteiger partial charge in [-0.25, -0.2) is 0 Å². The predicted molar refractivity (Wildman–Crippen MR) is 100.0 cm³/mol. The van der Waals surface area contributed by atoms with Crippen molar-refractivity contribution < 1.29 is 45.7 Å². The minimum absolute atomic E-state index is 0.140. The van der Waals surface area contributed by atoms with Crippen molar-refractivity contribution in [2.45, 2.75) is 37.5 Å². The number of benzene rings is 2. The zero-order valence-electron chi connectivity index (χ0n) is 16.5. The summed E-state index contributed by atoms with van der Waals surface area (Å²) in [5, 5.41) is 11.9. The third-order valence-electron chi connectivity index (χ3n) is 5.20. The van der Waals surface area contributed by atoms with E-state index in [1.54, 1.807) is 0 Å². The number of hydrogen-bond donors (Lipinski definition) is 2. The van der Waals surface area contributed by atoms with E-state index in [1.807, 2.05) is 0 Å². The Morgan fingerprint density at radius 3 is 2.28 bits per heavy atom. The molecule has 32 heavy (non-hydrogen) atoms. The molecule has 1 fully saturated rings. The van der Waals surface area contributed by atoms with Crippen LogP contribution in [-0.4, -0.2) is 30.2 Å². The first-order valence-corrected chi connectivity index (χ1v) is 9.48. The summed E-state index contributed by atoms with van der Waals surface area (Å²) in [5.41, 5.74) is -0.904. The molecule has 1 heterocycles. The normalized spacial score (nSPS) is 21.4. The highest BCUT2D eigenvalue weighted by Gasteiger charge is 2.51. The maximum Gasteiger partial charge on any atom is 0.573 e. The van der Waals surface area contributed by atoms with Crippen LogP contribution in [0.4, 0.5) is 26.3 Å². The minimum Gasteiger partial charge on any atom is -0.489 e. The SMILES string of the molecule is O=C(O)C[C@]1(c2ccc(OCc3ccccc3OC(F)(F)F)cc2)C[C@H](C(F)(F)F)CN1. The molecule has 0 saturated carbocycles. The molecule has 1 aliphatic rings. The molecule has 0 aromatic heterocycles. The summed E-state index contributed by atoms with van der Waals surface area (Å²) in [5.74, 6) is -3.10. The molecule has 0 radical (unpaired) electrons. The molecule has 174 valence electrons. The smallest absolute Gasteiger partial charge is 0.489 e. The highest BCUT2D eigenvalue weighted by atomic mass is 19.4. The molecule has 5 nitrogen and oxygen atoms in total. The Kier molecular flexibility index (Phi) is 6.59. The molecule has 1 aliphatic heterocycles. The van der Waals surface area contributed by atoms with Gasteiger partial charge in [-0.2, -0.15) is 13.2 Å². The molecule has 2 atom stereocenters. The minimum atomic E-state index is -4.86. The molecule has 1 saturated heterocycles. The number of nitrogens with one attached hydrogen (secondary N) is 1. The topological polar surface area (TPSA) is 67.8 Å². The van der Waals surface area contributed by atoms with Crippen molar-refractivity contribution in [3.63, 3.8) is 0 Å². The third-order valence-corrected chi connectivity index (χ3v) is 5.20. The Morgan fingerprint density at radius 2 is 1.72 bits per heavy atom. The summed E-state index contributed by atoms with van der Waals surface area (Å²) in [6, 6.07) is 11.2. The van der Waals surface area contributed by atoms with Crippen LogP contribution in [0.5, 0.6) is 11.5 Å². The zero-order valence-corrected chi connectivity index (χ0v) is 16.5. The Balaban J connectivity index is 1.74. The van der Waals surface area contributed by atoms with E-state index in [1.165, 1.54) is 42.5 Å². The molecule has 0 aliphatic carbocycles. The van der Waals surface area contributed by atoms with Crippen molar-refractivity contribution in [3.8, 4) is 11.5 Å². The van der Waals surface area contributed by atoms with E-state index in [4.69, 9.17) is 4.74 Å². The summed E-state index contributed by atoms with van der Waals surface area (Å²) in [4.78, 5) is 11.3. The number of carboxylic acid groups (broad SMARTS) is 1. The maximum atomic E-state index is 13.1. The lowest BCUT2D eigenvalue weighted by Gasteiger charge is -2.29. The molecule has 11 heteroatoms. The van der Waals surface area contributed by atoms with Crippen molar-refractivity contribution in [2.75, 3.05) is 6.54 Å². The van der Waals surface area contributed by atoms with Gasteiger partial charge in [0.1, 0.15) is 18.1 Å². The van der Waals surface area contributed by atoms with Gasteiger partial charge >= 0.3 is 18.5 Å². The van der Waals surface area contributed by atoms with Crippen LogP contribution < -0.4 is 14.8 Å². The van der Waals surface area contributed by atoms with Crippen LogP contribution >= 0.6 is 0 Å². The Hall–Kier alpha value is -2.95. The van der Waals surface area contributed by atoms with E-state index in [2.05, 4.69) is 10.1 Å². The van der Waals surface area contributed by atoms with Gasteiger partial charge in [0.05, 0.1) is 17.9 Å². The number of rotatable bonds is 7. The number of aliphatic carboxylic acids is 1. The predicted octanol–water partition coefficient (Wildman–Crippen LogP) is 5.01. The molecule has 2 aromatic rings. The van der Waals surface area contributed by atoms with Gasteiger partial charge < -0.3 is 19.9 Å². The summed E-state index contributed by atoms with van der Waals surface area (Å²) < 4.78 is 86.4. The molecule has 0 unspecified atom stereocenters. The average Bonchev–Trinajstić information content (AvgIpc) is 3.11. The second-order valence-electron chi connectivity index (χ2n) is 7.44. The van der Waals surface area contributed by atoms with E-state index in [0.29, 0.717) is 5.56 Å². The van der Waals surface area contributed by atoms with Gasteiger partial charge in [-0.1, -0.05) is 30.3 Å². The lowest BCUT2D eigenvalue weighted by Crippen LogP contribution is -2.38. The second kappa shape index (κ2) is 8.89. The first-order valence-electron chi connectivity index (χ1n) is 9.48. The Morgan fingerprint density at radius 1 is 1.06 bits per heavy atom. The van der Waals surface area contributed by atoms with E-state index in [-0.39, 0.29) is 17.9 Å². The lowest BCUT2D eigenvalue weighted by atomic mass is 9.82. The molecular formula is C21H19F6NO4. The molecule has 0 bridgehead atoms. The molecule has 3 rings (SSSR count). The highest BCUT2D eigenvalue weighted by Crippen LogP contribution is 2.43. The van der Waals surface area contributed by atoms with Crippen LogP contribution in [-0.2, 0) is 16.9 Å². The molecular weight excluding hydrogens is 444 g/mol. The van der Waals surface area contributed by atoms with Crippen LogP contribution in [0, 0.1) is 5.92 Å². The van der Waals surface area contributed by atoms with E-state index < -0.39 is 55.1 Å². The van der Waals surface area contributed by atoms with Crippen LogP contribution in [0.2, 0.25) is 0 Å². The summed E-state index contributed by atoms with van der Waals surface area (Å²) in [6.45, 7) is -0.648. The van der Waals surface area contributed by atoms with Crippen molar-refractivity contribution in [1.29, 1.82) is 0 Å². The summed E-state index contributed by atoms with van der Waals surface area (Å²) in [7, 11) is 0. The van der Waals surface area contributed by atoms with Gasteiger partial charge in [0.2, 0.25) is 0 Å². The monoisotopic (exact) mass is 463 g/mol. The molecule has 0 spiro atoms. The van der Waals surface area contributed by atoms with E-state index in [0.717, 1.165) is 6.07 Å². The first-order chi connectivity index (χ1) is 14.9. The van der Waals surface area contributed by atoms with Gasteiger partial charge in [0.15, 0.2) is 0 Å². The highest BCUT2D eigenvalue weighted by molar-refractivity contribution is 5.69. The zero-order chi connectivity index (χ0) is 23.6. The van der Waals surface area contributed by atoms with Gasteiger partial charge in [0, 0.05) is 12.1 Å². The average molecular weight is 463 g/mol. The second-order valence-corrected chi connectivity index (χ2v) is 7.44. The van der Waals surface area contributed by atoms with Gasteiger partial charge in [-0.3, -0.25) is 4.79 Å². The summed E-state index contributed by atoms with van der Waals surface area (Å²) >= 11 is 0. The van der Waals surface area contributed by atoms with Gasteiger partial charge in [0.25, 0.3) is 0 Å². The fourth-order valence-electron chi connectivity index (χ4n) is 3.71. The molecule has 2 aromatic carbocycles. The number of carboxylic acids is 1. The summed E-state index contributed by atoms with van der Waals surface area (Å²) in [6.07, 6.45) is -10.3. The van der Waals surface area contributed by atoms with Gasteiger partial charge in [-0.15, -0.1) is 13.2 Å². The van der Waals surface area contributed by atoms with Gasteiger partial charge in [-0.05, 0) is 30.2 Å². The van der Waals surface area contributed by atoms with Crippen molar-refractivity contribution in [3.05, 3.63) is 59.7 Å². The number of alkyl halides is 6. The fourth-order valence-corrected chi connectivity index (χ4v) is 3.71. The van der Waals surface area contributed by atoms with Crippen LogP contribution in [0.25, 0.3) is 0 Å². The van der Waals surface area contributed by atoms with Crippen molar-refractivity contribution >= 4 is 5.97 Å². The number of carbonyl (C=O) groups is 1. The molecule has 2 N–H and O–H groups in total. The fraction of sp³-hybridized carbons (Fsp3) is 0.381. The number of ether oxygens (including phenoxy) is 2.